The second-order valence-corrected chi connectivity index (χ2v) is 6.18. The molecule has 24 heavy (non-hydrogen) atoms. The smallest absolute Gasteiger partial charge is 0.0684 e. The van der Waals surface area contributed by atoms with Gasteiger partial charge in [0.15, 0.2) is 0 Å². The van der Waals surface area contributed by atoms with Crippen molar-refractivity contribution in [3.05, 3.63) is 82.9 Å². The summed E-state index contributed by atoms with van der Waals surface area (Å²) in [6.45, 7) is 4.20. The molecule has 0 fully saturated rings. The van der Waals surface area contributed by atoms with E-state index in [0.29, 0.717) is 0 Å². The topological polar surface area (TPSA) is 40.5 Å². The monoisotopic (exact) mass is 318 g/mol. The van der Waals surface area contributed by atoms with Crippen LogP contribution in [0.5, 0.6) is 0 Å². The van der Waals surface area contributed by atoms with Crippen LogP contribution >= 0.6 is 0 Å². The summed E-state index contributed by atoms with van der Waals surface area (Å²) >= 11 is 0. The van der Waals surface area contributed by atoms with Crippen molar-refractivity contribution in [2.24, 2.45) is 0 Å². The fraction of sp³-hybridized carbons (Fsp3) is 0.182. The van der Waals surface area contributed by atoms with Gasteiger partial charge < -0.3 is 10.2 Å². The van der Waals surface area contributed by atoms with Gasteiger partial charge in [-0.05, 0) is 58.4 Å². The summed E-state index contributed by atoms with van der Waals surface area (Å²) in [6, 6.07) is 20.8. The van der Waals surface area contributed by atoms with Gasteiger partial charge in [0, 0.05) is 0 Å². The van der Waals surface area contributed by atoms with Gasteiger partial charge in [0.2, 0.25) is 0 Å². The first-order valence-electron chi connectivity index (χ1n) is 8.14. The molecule has 0 aliphatic rings. The molecule has 2 nitrogen and oxygen atoms in total. The van der Waals surface area contributed by atoms with Crippen LogP contribution in [0.2, 0.25) is 0 Å². The first kappa shape index (κ1) is 16.4. The van der Waals surface area contributed by atoms with Gasteiger partial charge >= 0.3 is 0 Å². The van der Waals surface area contributed by atoms with Crippen LogP contribution in [0.1, 0.15) is 22.3 Å². The predicted molar refractivity (Wildman–Crippen MR) is 98.6 cm³/mol. The lowest BCUT2D eigenvalue weighted by Crippen LogP contribution is -1.90. The fourth-order valence-corrected chi connectivity index (χ4v) is 2.96. The van der Waals surface area contributed by atoms with Crippen molar-refractivity contribution >= 4 is 0 Å². The van der Waals surface area contributed by atoms with Crippen molar-refractivity contribution < 1.29 is 10.2 Å². The summed E-state index contributed by atoms with van der Waals surface area (Å²) in [4.78, 5) is 0. The van der Waals surface area contributed by atoms with Gasteiger partial charge in [-0.3, -0.25) is 0 Å². The molecule has 0 atom stereocenters. The lowest BCUT2D eigenvalue weighted by atomic mass is 9.96. The first-order valence-corrected chi connectivity index (χ1v) is 8.14. The number of aliphatic hydroxyl groups excluding tert-OH is 2. The van der Waals surface area contributed by atoms with E-state index in [-0.39, 0.29) is 13.2 Å². The highest BCUT2D eigenvalue weighted by molar-refractivity contribution is 5.71. The van der Waals surface area contributed by atoms with Crippen LogP contribution in [0.15, 0.2) is 60.7 Å². The molecule has 0 aliphatic heterocycles. The van der Waals surface area contributed by atoms with Crippen LogP contribution in [-0.2, 0) is 13.2 Å². The van der Waals surface area contributed by atoms with Crippen LogP contribution in [0.4, 0.5) is 0 Å². The van der Waals surface area contributed by atoms with Crippen molar-refractivity contribution in [2.45, 2.75) is 27.1 Å². The molecule has 0 radical (unpaired) electrons. The summed E-state index contributed by atoms with van der Waals surface area (Å²) < 4.78 is 0. The van der Waals surface area contributed by atoms with E-state index in [4.69, 9.17) is 0 Å². The second kappa shape index (κ2) is 7.00. The molecule has 2 N–H and O–H groups in total. The molecule has 3 aromatic carbocycles. The molecular weight excluding hydrogens is 296 g/mol. The predicted octanol–water partition coefficient (Wildman–Crippen LogP) is 4.62. The molecule has 3 rings (SSSR count). The number of aryl methyl sites for hydroxylation is 2. The molecule has 0 aromatic heterocycles. The molecule has 0 unspecified atom stereocenters. The first-order chi connectivity index (χ1) is 11.6. The van der Waals surface area contributed by atoms with Crippen molar-refractivity contribution in [2.75, 3.05) is 0 Å². The van der Waals surface area contributed by atoms with E-state index in [1.54, 1.807) is 0 Å². The van der Waals surface area contributed by atoms with Crippen LogP contribution in [0.25, 0.3) is 22.3 Å². The Balaban J connectivity index is 1.90. The maximum Gasteiger partial charge on any atom is 0.0684 e. The Morgan fingerprint density at radius 2 is 0.875 bits per heavy atom. The third-order valence-corrected chi connectivity index (χ3v) is 4.58. The van der Waals surface area contributed by atoms with Crippen molar-refractivity contribution in [3.8, 4) is 22.3 Å². The lowest BCUT2D eigenvalue weighted by molar-refractivity contribution is 0.281. The van der Waals surface area contributed by atoms with Crippen molar-refractivity contribution in [1.82, 2.24) is 0 Å². The molecule has 0 amide bonds. The Hall–Kier alpha value is -2.42. The summed E-state index contributed by atoms with van der Waals surface area (Å²) in [5, 5.41) is 18.6. The summed E-state index contributed by atoms with van der Waals surface area (Å²) in [7, 11) is 0. The highest BCUT2D eigenvalue weighted by Gasteiger charge is 2.04. The Labute approximate surface area is 143 Å². The molecular formula is C22H22O2. The van der Waals surface area contributed by atoms with E-state index < -0.39 is 0 Å². The van der Waals surface area contributed by atoms with Crippen LogP contribution in [0, 0.1) is 13.8 Å². The Morgan fingerprint density at radius 1 is 0.542 bits per heavy atom. The number of hydrogen-bond donors (Lipinski definition) is 2. The fourth-order valence-electron chi connectivity index (χ4n) is 2.96. The molecule has 0 heterocycles. The molecule has 0 saturated heterocycles. The van der Waals surface area contributed by atoms with Crippen LogP contribution in [0.3, 0.4) is 0 Å². The highest BCUT2D eigenvalue weighted by atomic mass is 16.3. The van der Waals surface area contributed by atoms with Gasteiger partial charge in [0.05, 0.1) is 13.2 Å². The average molecular weight is 318 g/mol. The normalized spacial score (nSPS) is 10.8. The lowest BCUT2D eigenvalue weighted by Gasteiger charge is -2.09. The molecule has 0 bridgehead atoms. The molecule has 0 saturated carbocycles. The van der Waals surface area contributed by atoms with E-state index >= 15 is 0 Å². The van der Waals surface area contributed by atoms with Crippen molar-refractivity contribution in [1.29, 1.82) is 0 Å². The number of benzene rings is 3. The number of rotatable bonds is 4. The zero-order chi connectivity index (χ0) is 17.1. The summed E-state index contributed by atoms with van der Waals surface area (Å²) in [5.74, 6) is 0. The van der Waals surface area contributed by atoms with Gasteiger partial charge in [0.25, 0.3) is 0 Å². The zero-order valence-electron chi connectivity index (χ0n) is 14.1. The van der Waals surface area contributed by atoms with E-state index in [1.165, 1.54) is 0 Å². The molecule has 2 heteroatoms. The van der Waals surface area contributed by atoms with Gasteiger partial charge in [-0.15, -0.1) is 0 Å². The van der Waals surface area contributed by atoms with Gasteiger partial charge in [-0.1, -0.05) is 60.7 Å². The minimum atomic E-state index is 0.0776. The average Bonchev–Trinajstić information content (AvgIpc) is 2.61. The molecule has 122 valence electrons. The summed E-state index contributed by atoms with van der Waals surface area (Å²) in [6.07, 6.45) is 0. The van der Waals surface area contributed by atoms with E-state index in [0.717, 1.165) is 44.5 Å². The minimum absolute atomic E-state index is 0.0776. The standard InChI is InChI=1S/C22H22O2/c1-15-11-19(7-9-21(15)13-23)17-3-5-18(6-4-17)20-8-10-22(14-24)16(2)12-20/h3-12,23-24H,13-14H2,1-2H3. The SMILES string of the molecule is Cc1cc(-c2ccc(-c3ccc(CO)c(C)c3)cc2)ccc1CO. The second-order valence-electron chi connectivity index (χ2n) is 6.18. The largest absolute Gasteiger partial charge is 0.392 e. The van der Waals surface area contributed by atoms with Gasteiger partial charge in [-0.25, -0.2) is 0 Å². The zero-order valence-corrected chi connectivity index (χ0v) is 14.1. The summed E-state index contributed by atoms with van der Waals surface area (Å²) in [5.41, 5.74) is 8.78. The Bertz CT molecular complexity index is 776. The van der Waals surface area contributed by atoms with Crippen LogP contribution in [-0.4, -0.2) is 10.2 Å². The van der Waals surface area contributed by atoms with E-state index in [1.807, 2.05) is 38.1 Å². The highest BCUT2D eigenvalue weighted by Crippen LogP contribution is 2.27. The minimum Gasteiger partial charge on any atom is -0.392 e. The third-order valence-electron chi connectivity index (χ3n) is 4.58. The van der Waals surface area contributed by atoms with E-state index in [2.05, 4.69) is 36.4 Å². The molecule has 0 spiro atoms. The third kappa shape index (κ3) is 3.25. The Kier molecular flexibility index (Phi) is 4.79. The van der Waals surface area contributed by atoms with Crippen molar-refractivity contribution in [3.63, 3.8) is 0 Å². The van der Waals surface area contributed by atoms with E-state index in [9.17, 15) is 10.2 Å². The number of hydrogen-bond acceptors (Lipinski definition) is 2. The quantitative estimate of drug-likeness (QED) is 0.737. The van der Waals surface area contributed by atoms with Gasteiger partial charge in [-0.2, -0.15) is 0 Å². The van der Waals surface area contributed by atoms with Gasteiger partial charge in [0.1, 0.15) is 0 Å². The molecule has 0 aliphatic carbocycles. The Morgan fingerprint density at radius 3 is 1.17 bits per heavy atom. The number of aliphatic hydroxyl groups is 2. The maximum atomic E-state index is 9.29. The maximum absolute atomic E-state index is 9.29. The molecule has 3 aromatic rings. The van der Waals surface area contributed by atoms with Crippen LogP contribution < -0.4 is 0 Å².